The molecule has 0 atom stereocenters. The first kappa shape index (κ1) is 17.3. The number of carbonyl (C=O) groups excluding carboxylic acids is 2. The van der Waals surface area contributed by atoms with Crippen LogP contribution in [0, 0.1) is 0 Å². The van der Waals surface area contributed by atoms with Gasteiger partial charge in [-0.05, 0) is 37.8 Å². The number of alkyl halides is 3. The summed E-state index contributed by atoms with van der Waals surface area (Å²) in [5.74, 6) is -2.13. The van der Waals surface area contributed by atoms with E-state index in [-0.39, 0.29) is 6.04 Å². The molecule has 1 aliphatic rings. The Morgan fingerprint density at radius 3 is 2.26 bits per heavy atom. The van der Waals surface area contributed by atoms with Crippen LogP contribution in [0.3, 0.4) is 0 Å². The van der Waals surface area contributed by atoms with Crippen LogP contribution in [0.2, 0.25) is 0 Å². The number of hydrogen-bond acceptors (Lipinski definition) is 3. The second-order valence-electron chi connectivity index (χ2n) is 5.48. The van der Waals surface area contributed by atoms with Crippen LogP contribution in [0.25, 0.3) is 0 Å². The van der Waals surface area contributed by atoms with Crippen LogP contribution in [0.15, 0.2) is 24.3 Å². The summed E-state index contributed by atoms with van der Waals surface area (Å²) in [5.41, 5.74) is -1.47. The molecular weight excluding hydrogens is 313 g/mol. The van der Waals surface area contributed by atoms with E-state index in [4.69, 9.17) is 0 Å². The van der Waals surface area contributed by atoms with E-state index in [0.29, 0.717) is 25.7 Å². The molecule has 2 rings (SSSR count). The van der Waals surface area contributed by atoms with Gasteiger partial charge in [-0.25, -0.2) is 0 Å². The van der Waals surface area contributed by atoms with Crippen LogP contribution >= 0.6 is 0 Å². The van der Waals surface area contributed by atoms with Gasteiger partial charge in [0.05, 0.1) is 17.4 Å². The molecular formula is C15H17F3N2O3. The fourth-order valence-electron chi connectivity index (χ4n) is 2.49. The third-order valence-electron chi connectivity index (χ3n) is 3.72. The molecule has 1 aromatic carbocycles. The van der Waals surface area contributed by atoms with Crippen molar-refractivity contribution in [2.75, 3.05) is 5.32 Å². The molecule has 0 aliphatic heterocycles. The summed E-state index contributed by atoms with van der Waals surface area (Å²) in [6.45, 7) is 0. The van der Waals surface area contributed by atoms with Crippen molar-refractivity contribution in [2.45, 2.75) is 44.0 Å². The molecule has 0 heterocycles. The Kier molecular flexibility index (Phi) is 5.25. The highest BCUT2D eigenvalue weighted by Crippen LogP contribution is 2.34. The number of anilines is 1. The van der Waals surface area contributed by atoms with Crippen molar-refractivity contribution in [3.8, 4) is 0 Å². The first-order valence-corrected chi connectivity index (χ1v) is 7.23. The zero-order valence-corrected chi connectivity index (χ0v) is 12.2. The summed E-state index contributed by atoms with van der Waals surface area (Å²) in [7, 11) is 0. The molecule has 0 aromatic heterocycles. The number of halogens is 3. The summed E-state index contributed by atoms with van der Waals surface area (Å²) in [5, 5.41) is 13.8. The minimum Gasteiger partial charge on any atom is -0.393 e. The van der Waals surface area contributed by atoms with Crippen molar-refractivity contribution < 1.29 is 27.9 Å². The number of aliphatic hydroxyl groups excluding tert-OH is 1. The van der Waals surface area contributed by atoms with Crippen molar-refractivity contribution >= 4 is 17.5 Å². The highest BCUT2D eigenvalue weighted by Gasteiger charge is 2.34. The fourth-order valence-corrected chi connectivity index (χ4v) is 2.49. The third-order valence-corrected chi connectivity index (χ3v) is 3.72. The van der Waals surface area contributed by atoms with E-state index in [0.717, 1.165) is 12.1 Å². The monoisotopic (exact) mass is 330 g/mol. The highest BCUT2D eigenvalue weighted by atomic mass is 19.4. The van der Waals surface area contributed by atoms with Crippen molar-refractivity contribution in [3.05, 3.63) is 29.8 Å². The third kappa shape index (κ3) is 4.69. The van der Waals surface area contributed by atoms with Crippen molar-refractivity contribution in [3.63, 3.8) is 0 Å². The van der Waals surface area contributed by atoms with Crippen LogP contribution in [0.4, 0.5) is 18.9 Å². The number of carbonyl (C=O) groups is 2. The van der Waals surface area contributed by atoms with E-state index in [1.54, 1.807) is 0 Å². The maximum Gasteiger partial charge on any atom is 0.418 e. The predicted octanol–water partition coefficient (Wildman–Crippen LogP) is 2.06. The number of hydrogen-bond donors (Lipinski definition) is 3. The number of benzene rings is 1. The topological polar surface area (TPSA) is 78.4 Å². The number of amides is 2. The first-order valence-electron chi connectivity index (χ1n) is 7.23. The average molecular weight is 330 g/mol. The number of nitrogens with one attached hydrogen (secondary N) is 2. The zero-order valence-electron chi connectivity index (χ0n) is 12.2. The molecule has 1 saturated carbocycles. The molecule has 0 spiro atoms. The molecule has 3 N–H and O–H groups in total. The Morgan fingerprint density at radius 2 is 1.65 bits per heavy atom. The van der Waals surface area contributed by atoms with Gasteiger partial charge in [-0.2, -0.15) is 13.2 Å². The van der Waals surface area contributed by atoms with Gasteiger partial charge >= 0.3 is 18.0 Å². The molecule has 1 aliphatic carbocycles. The Labute approximate surface area is 130 Å². The normalized spacial score (nSPS) is 21.6. The standard InChI is InChI=1S/C15H17F3N2O3/c16-15(17,18)11-3-1-2-4-12(11)20-14(23)13(22)19-9-5-7-10(21)8-6-9/h1-4,9-10,21H,5-8H2,(H,19,22)(H,20,23). The van der Waals surface area contributed by atoms with Crippen LogP contribution in [0.1, 0.15) is 31.2 Å². The van der Waals surface area contributed by atoms with E-state index in [2.05, 4.69) is 5.32 Å². The Morgan fingerprint density at radius 1 is 1.04 bits per heavy atom. The fraction of sp³-hybridized carbons (Fsp3) is 0.467. The number of aliphatic hydroxyl groups is 1. The second-order valence-corrected chi connectivity index (χ2v) is 5.48. The van der Waals surface area contributed by atoms with E-state index < -0.39 is 35.3 Å². The molecule has 8 heteroatoms. The van der Waals surface area contributed by atoms with Gasteiger partial charge < -0.3 is 15.7 Å². The van der Waals surface area contributed by atoms with Crippen molar-refractivity contribution in [1.29, 1.82) is 0 Å². The van der Waals surface area contributed by atoms with E-state index in [9.17, 15) is 27.9 Å². The average Bonchev–Trinajstić information content (AvgIpc) is 2.49. The highest BCUT2D eigenvalue weighted by molar-refractivity contribution is 6.39. The van der Waals surface area contributed by atoms with E-state index in [1.807, 2.05) is 5.32 Å². The summed E-state index contributed by atoms with van der Waals surface area (Å²) < 4.78 is 38.5. The SMILES string of the molecule is O=C(Nc1ccccc1C(F)(F)F)C(=O)NC1CCC(O)CC1. The maximum atomic E-state index is 12.8. The minimum atomic E-state index is -4.63. The number of rotatable bonds is 2. The van der Waals surface area contributed by atoms with Crippen LogP contribution in [-0.2, 0) is 15.8 Å². The quantitative estimate of drug-likeness (QED) is 0.726. The van der Waals surface area contributed by atoms with Gasteiger partial charge in [0, 0.05) is 6.04 Å². The van der Waals surface area contributed by atoms with Gasteiger partial charge in [-0.3, -0.25) is 9.59 Å². The predicted molar refractivity (Wildman–Crippen MR) is 76.5 cm³/mol. The smallest absolute Gasteiger partial charge is 0.393 e. The lowest BCUT2D eigenvalue weighted by molar-refractivity contribution is -0.138. The molecule has 1 fully saturated rings. The van der Waals surface area contributed by atoms with E-state index in [1.165, 1.54) is 12.1 Å². The molecule has 0 saturated heterocycles. The van der Waals surface area contributed by atoms with Crippen LogP contribution in [0.5, 0.6) is 0 Å². The molecule has 0 radical (unpaired) electrons. The zero-order chi connectivity index (χ0) is 17.0. The first-order chi connectivity index (χ1) is 10.8. The molecule has 5 nitrogen and oxygen atoms in total. The molecule has 23 heavy (non-hydrogen) atoms. The summed E-state index contributed by atoms with van der Waals surface area (Å²) in [4.78, 5) is 23.6. The molecule has 126 valence electrons. The van der Waals surface area contributed by atoms with Gasteiger partial charge in [0.1, 0.15) is 0 Å². The van der Waals surface area contributed by atoms with Gasteiger partial charge in [-0.15, -0.1) is 0 Å². The molecule has 2 amide bonds. The molecule has 0 unspecified atom stereocenters. The van der Waals surface area contributed by atoms with Crippen molar-refractivity contribution in [1.82, 2.24) is 5.32 Å². The van der Waals surface area contributed by atoms with Gasteiger partial charge in [0.25, 0.3) is 0 Å². The van der Waals surface area contributed by atoms with Crippen LogP contribution < -0.4 is 10.6 Å². The summed E-state index contributed by atoms with van der Waals surface area (Å²) >= 11 is 0. The van der Waals surface area contributed by atoms with Crippen molar-refractivity contribution in [2.24, 2.45) is 0 Å². The van der Waals surface area contributed by atoms with Crippen LogP contribution in [-0.4, -0.2) is 29.1 Å². The number of para-hydroxylation sites is 1. The maximum absolute atomic E-state index is 12.8. The Hall–Kier alpha value is -2.09. The minimum absolute atomic E-state index is 0.255. The summed E-state index contributed by atoms with van der Waals surface area (Å²) in [6, 6.07) is 4.20. The molecule has 0 bridgehead atoms. The van der Waals surface area contributed by atoms with Gasteiger partial charge in [0.2, 0.25) is 0 Å². The van der Waals surface area contributed by atoms with Gasteiger partial charge in [0.15, 0.2) is 0 Å². The second kappa shape index (κ2) is 6.99. The van der Waals surface area contributed by atoms with E-state index >= 15 is 0 Å². The lowest BCUT2D eigenvalue weighted by atomic mass is 9.93. The summed E-state index contributed by atoms with van der Waals surface area (Å²) in [6.07, 6.45) is -2.94. The Bertz CT molecular complexity index is 582. The van der Waals surface area contributed by atoms with Gasteiger partial charge in [-0.1, -0.05) is 12.1 Å². The Balaban J connectivity index is 1.98. The largest absolute Gasteiger partial charge is 0.418 e. The lowest BCUT2D eigenvalue weighted by Gasteiger charge is -2.25. The molecule has 1 aromatic rings. The lowest BCUT2D eigenvalue weighted by Crippen LogP contribution is -2.44.